The molecule has 0 amide bonds. The fourth-order valence-corrected chi connectivity index (χ4v) is 2.22. The van der Waals surface area contributed by atoms with Crippen molar-refractivity contribution in [3.8, 4) is 5.75 Å². The van der Waals surface area contributed by atoms with Gasteiger partial charge in [-0.05, 0) is 6.07 Å². The summed E-state index contributed by atoms with van der Waals surface area (Å²) in [6, 6.07) is 6.18. The van der Waals surface area contributed by atoms with Gasteiger partial charge in [0, 0.05) is 31.3 Å². The number of imidazole rings is 1. The van der Waals surface area contributed by atoms with Gasteiger partial charge in [0.05, 0.1) is 17.6 Å². The maximum atomic E-state index is 10.6. The number of aryl methyl sites for hydroxylation is 1. The van der Waals surface area contributed by atoms with Gasteiger partial charge in [0.2, 0.25) is 0 Å². The van der Waals surface area contributed by atoms with Crippen molar-refractivity contribution in [2.45, 2.75) is 5.16 Å². The molecule has 100 valence electrons. The molecule has 0 spiro atoms. The van der Waals surface area contributed by atoms with Crippen LogP contribution in [-0.4, -0.2) is 26.8 Å². The second-order valence-electron chi connectivity index (χ2n) is 3.77. The molecule has 2 aromatic rings. The SMILES string of the molecule is Cn1ccnc1SCCOc1cccc([N+](=O)[O-])c1. The van der Waals surface area contributed by atoms with Gasteiger partial charge < -0.3 is 9.30 Å². The normalized spacial score (nSPS) is 10.4. The number of ether oxygens (including phenoxy) is 1. The number of nitrogens with zero attached hydrogens (tertiary/aromatic N) is 3. The minimum Gasteiger partial charge on any atom is -0.492 e. The Morgan fingerprint density at radius 2 is 2.37 bits per heavy atom. The summed E-state index contributed by atoms with van der Waals surface area (Å²) in [4.78, 5) is 14.4. The Bertz CT molecular complexity index is 571. The largest absolute Gasteiger partial charge is 0.492 e. The minimum atomic E-state index is -0.435. The lowest BCUT2D eigenvalue weighted by molar-refractivity contribution is -0.384. The van der Waals surface area contributed by atoms with E-state index < -0.39 is 4.92 Å². The Labute approximate surface area is 114 Å². The molecule has 0 fully saturated rings. The molecule has 1 heterocycles. The van der Waals surface area contributed by atoms with Crippen LogP contribution in [0.5, 0.6) is 5.75 Å². The third-order valence-corrected chi connectivity index (χ3v) is 3.41. The Morgan fingerprint density at radius 1 is 1.53 bits per heavy atom. The van der Waals surface area contributed by atoms with Crippen molar-refractivity contribution >= 4 is 17.4 Å². The average Bonchev–Trinajstić information content (AvgIpc) is 2.81. The van der Waals surface area contributed by atoms with Gasteiger partial charge in [0.25, 0.3) is 5.69 Å². The zero-order chi connectivity index (χ0) is 13.7. The van der Waals surface area contributed by atoms with E-state index in [0.717, 1.165) is 10.9 Å². The molecule has 1 aromatic carbocycles. The zero-order valence-corrected chi connectivity index (χ0v) is 11.2. The number of rotatable bonds is 6. The van der Waals surface area contributed by atoms with Gasteiger partial charge in [-0.15, -0.1) is 0 Å². The van der Waals surface area contributed by atoms with Gasteiger partial charge in [-0.25, -0.2) is 4.98 Å². The Balaban J connectivity index is 1.81. The first-order chi connectivity index (χ1) is 9.16. The molecule has 7 heteroatoms. The lowest BCUT2D eigenvalue weighted by Gasteiger charge is -2.05. The fourth-order valence-electron chi connectivity index (χ4n) is 1.47. The highest BCUT2D eigenvalue weighted by atomic mass is 32.2. The smallest absolute Gasteiger partial charge is 0.273 e. The van der Waals surface area contributed by atoms with E-state index in [1.54, 1.807) is 30.1 Å². The molecular weight excluding hydrogens is 266 g/mol. The maximum Gasteiger partial charge on any atom is 0.273 e. The van der Waals surface area contributed by atoms with E-state index in [-0.39, 0.29) is 5.69 Å². The van der Waals surface area contributed by atoms with Crippen LogP contribution in [0.15, 0.2) is 41.8 Å². The average molecular weight is 279 g/mol. The third kappa shape index (κ3) is 3.72. The molecule has 0 saturated heterocycles. The van der Waals surface area contributed by atoms with Gasteiger partial charge in [-0.3, -0.25) is 10.1 Å². The third-order valence-electron chi connectivity index (χ3n) is 2.39. The van der Waals surface area contributed by atoms with Crippen molar-refractivity contribution in [1.29, 1.82) is 0 Å². The van der Waals surface area contributed by atoms with E-state index in [4.69, 9.17) is 4.74 Å². The molecule has 0 aliphatic carbocycles. The maximum absolute atomic E-state index is 10.6. The van der Waals surface area contributed by atoms with Crippen molar-refractivity contribution in [1.82, 2.24) is 9.55 Å². The molecule has 6 nitrogen and oxygen atoms in total. The first-order valence-electron chi connectivity index (χ1n) is 5.64. The lowest BCUT2D eigenvalue weighted by Crippen LogP contribution is -2.01. The van der Waals surface area contributed by atoms with Crippen LogP contribution in [-0.2, 0) is 7.05 Å². The first-order valence-corrected chi connectivity index (χ1v) is 6.63. The summed E-state index contributed by atoms with van der Waals surface area (Å²) >= 11 is 1.58. The number of non-ortho nitro benzene ring substituents is 1. The van der Waals surface area contributed by atoms with Gasteiger partial charge in [-0.1, -0.05) is 17.8 Å². The fraction of sp³-hybridized carbons (Fsp3) is 0.250. The van der Waals surface area contributed by atoms with Crippen molar-refractivity contribution in [2.75, 3.05) is 12.4 Å². The highest BCUT2D eigenvalue weighted by Gasteiger charge is 2.06. The zero-order valence-electron chi connectivity index (χ0n) is 10.4. The highest BCUT2D eigenvalue weighted by Crippen LogP contribution is 2.20. The van der Waals surface area contributed by atoms with Crippen LogP contribution in [0.4, 0.5) is 5.69 Å². The topological polar surface area (TPSA) is 70.2 Å². The highest BCUT2D eigenvalue weighted by molar-refractivity contribution is 7.99. The van der Waals surface area contributed by atoms with E-state index in [1.807, 2.05) is 17.8 Å². The monoisotopic (exact) mass is 279 g/mol. The summed E-state index contributed by atoms with van der Waals surface area (Å²) in [5.74, 6) is 1.24. The predicted molar refractivity (Wildman–Crippen MR) is 72.5 cm³/mol. The van der Waals surface area contributed by atoms with Crippen molar-refractivity contribution < 1.29 is 9.66 Å². The molecular formula is C12H13N3O3S. The van der Waals surface area contributed by atoms with Crippen LogP contribution >= 0.6 is 11.8 Å². The summed E-state index contributed by atoms with van der Waals surface area (Å²) in [6.07, 6.45) is 3.62. The van der Waals surface area contributed by atoms with E-state index in [2.05, 4.69) is 4.98 Å². The van der Waals surface area contributed by atoms with Crippen LogP contribution in [0.3, 0.4) is 0 Å². The van der Waals surface area contributed by atoms with Gasteiger partial charge in [0.15, 0.2) is 5.16 Å². The van der Waals surface area contributed by atoms with Crippen molar-refractivity contribution in [3.63, 3.8) is 0 Å². The molecule has 0 aliphatic rings. The summed E-state index contributed by atoms with van der Waals surface area (Å²) < 4.78 is 7.40. The van der Waals surface area contributed by atoms with Gasteiger partial charge in [0.1, 0.15) is 5.75 Å². The Hall–Kier alpha value is -2.02. The molecule has 0 unspecified atom stereocenters. The molecule has 19 heavy (non-hydrogen) atoms. The molecule has 0 radical (unpaired) electrons. The number of benzene rings is 1. The number of hydrogen-bond donors (Lipinski definition) is 0. The van der Waals surface area contributed by atoms with Crippen LogP contribution in [0, 0.1) is 10.1 Å². The summed E-state index contributed by atoms with van der Waals surface area (Å²) in [6.45, 7) is 0.471. The molecule has 0 bridgehead atoms. The number of hydrogen-bond acceptors (Lipinski definition) is 5. The van der Waals surface area contributed by atoms with Gasteiger partial charge >= 0.3 is 0 Å². The Morgan fingerprint density at radius 3 is 3.05 bits per heavy atom. The number of nitro groups is 1. The molecule has 0 N–H and O–H groups in total. The van der Waals surface area contributed by atoms with Crippen LogP contribution < -0.4 is 4.74 Å². The number of thioether (sulfide) groups is 1. The van der Waals surface area contributed by atoms with Gasteiger partial charge in [-0.2, -0.15) is 0 Å². The van der Waals surface area contributed by atoms with Crippen molar-refractivity contribution in [2.24, 2.45) is 7.05 Å². The minimum absolute atomic E-state index is 0.0363. The van der Waals surface area contributed by atoms with Crippen LogP contribution in [0.25, 0.3) is 0 Å². The second-order valence-corrected chi connectivity index (χ2v) is 4.83. The molecule has 0 atom stereocenters. The quantitative estimate of drug-likeness (QED) is 0.351. The summed E-state index contributed by atoms with van der Waals surface area (Å²) in [5.41, 5.74) is 0.0363. The molecule has 1 aromatic heterocycles. The molecule has 0 saturated carbocycles. The first kappa shape index (κ1) is 13.4. The standard InChI is InChI=1S/C12H13N3O3S/c1-14-6-5-13-12(14)19-8-7-18-11-4-2-3-10(9-11)15(16)17/h2-6,9H,7-8H2,1H3. The molecule has 2 rings (SSSR count). The summed E-state index contributed by atoms with van der Waals surface area (Å²) in [5, 5.41) is 11.5. The Kier molecular flexibility index (Phi) is 4.40. The van der Waals surface area contributed by atoms with E-state index >= 15 is 0 Å². The van der Waals surface area contributed by atoms with Crippen LogP contribution in [0.1, 0.15) is 0 Å². The van der Waals surface area contributed by atoms with E-state index in [9.17, 15) is 10.1 Å². The van der Waals surface area contributed by atoms with E-state index in [0.29, 0.717) is 12.4 Å². The number of nitro benzene ring substituents is 1. The molecule has 0 aliphatic heterocycles. The van der Waals surface area contributed by atoms with Crippen LogP contribution in [0.2, 0.25) is 0 Å². The lowest BCUT2D eigenvalue weighted by atomic mass is 10.3. The second kappa shape index (κ2) is 6.24. The predicted octanol–water partition coefficient (Wildman–Crippen LogP) is 2.50. The number of aromatic nitrogens is 2. The van der Waals surface area contributed by atoms with Crippen molar-refractivity contribution in [3.05, 3.63) is 46.8 Å². The summed E-state index contributed by atoms with van der Waals surface area (Å²) in [7, 11) is 1.93. The van der Waals surface area contributed by atoms with E-state index in [1.165, 1.54) is 12.1 Å².